The van der Waals surface area contributed by atoms with Crippen LogP contribution in [0.5, 0.6) is 0 Å². The zero-order valence-corrected chi connectivity index (χ0v) is 22.7. The first kappa shape index (κ1) is 28.3. The summed E-state index contributed by atoms with van der Waals surface area (Å²) < 4.78 is 30.9. The standard InChI is InChI=1S/C24H21N5O.C7H6F2N2O/c1-30-14-4-7-18-10-12-21-24(27-18)29(19-11-9-16-5-2-6-17(16)15-19)23(28-21)20-8-3-13-26-22(20)25;8-6(9)5-2-1-4(3-11-5)7(10)12/h3,8-13,15H,2,5-6,14H2,1H3,(H2,25,26);1-3,6H,(H2,10,12). The molecule has 5 aromatic rings. The van der Waals surface area contributed by atoms with Gasteiger partial charge in [0, 0.05) is 25.2 Å². The monoisotopic (exact) mass is 567 g/mol. The lowest BCUT2D eigenvalue weighted by Gasteiger charge is -2.12. The molecule has 0 saturated carbocycles. The summed E-state index contributed by atoms with van der Waals surface area (Å²) in [5.74, 6) is 6.50. The molecule has 9 nitrogen and oxygen atoms in total. The number of amides is 1. The largest absolute Gasteiger partial charge is 0.383 e. The van der Waals surface area contributed by atoms with Gasteiger partial charge in [0.1, 0.15) is 29.3 Å². The van der Waals surface area contributed by atoms with E-state index in [0.717, 1.165) is 53.3 Å². The fourth-order valence-electron chi connectivity index (χ4n) is 4.64. The van der Waals surface area contributed by atoms with E-state index in [1.165, 1.54) is 23.6 Å². The van der Waals surface area contributed by atoms with E-state index in [4.69, 9.17) is 26.2 Å². The first-order valence-corrected chi connectivity index (χ1v) is 13.1. The van der Waals surface area contributed by atoms with E-state index in [1.54, 1.807) is 13.3 Å². The second kappa shape index (κ2) is 12.5. The molecule has 0 atom stereocenters. The predicted molar refractivity (Wildman–Crippen MR) is 155 cm³/mol. The minimum Gasteiger partial charge on any atom is -0.383 e. The molecule has 4 heterocycles. The molecule has 6 rings (SSSR count). The molecule has 0 fully saturated rings. The smallest absolute Gasteiger partial charge is 0.280 e. The number of nitrogens with two attached hydrogens (primary N) is 2. The number of benzene rings is 1. The van der Waals surface area contributed by atoms with Gasteiger partial charge in [0.15, 0.2) is 11.5 Å². The van der Waals surface area contributed by atoms with E-state index in [1.807, 2.05) is 24.3 Å². The molecule has 1 aliphatic carbocycles. The summed E-state index contributed by atoms with van der Waals surface area (Å²) in [6.07, 6.45) is 3.53. The first-order chi connectivity index (χ1) is 20.4. The Morgan fingerprint density at radius 2 is 1.90 bits per heavy atom. The van der Waals surface area contributed by atoms with Gasteiger partial charge in [-0.1, -0.05) is 12.0 Å². The fourth-order valence-corrected chi connectivity index (χ4v) is 4.64. The number of ether oxygens (including phenoxy) is 1. The average molecular weight is 568 g/mol. The van der Waals surface area contributed by atoms with Crippen LogP contribution in [-0.2, 0) is 17.6 Å². The number of aryl methyl sites for hydroxylation is 2. The second-order valence-corrected chi connectivity index (χ2v) is 9.42. The molecule has 4 aromatic heterocycles. The molecule has 0 saturated heterocycles. The summed E-state index contributed by atoms with van der Waals surface area (Å²) in [5.41, 5.74) is 17.6. The van der Waals surface area contributed by atoms with E-state index < -0.39 is 12.3 Å². The third-order valence-corrected chi connectivity index (χ3v) is 6.65. The van der Waals surface area contributed by atoms with E-state index in [9.17, 15) is 13.6 Å². The van der Waals surface area contributed by atoms with E-state index in [-0.39, 0.29) is 11.3 Å². The van der Waals surface area contributed by atoms with Crippen LogP contribution in [0.25, 0.3) is 28.2 Å². The van der Waals surface area contributed by atoms with Gasteiger partial charge in [0.2, 0.25) is 5.91 Å². The van der Waals surface area contributed by atoms with Crippen LogP contribution in [-0.4, -0.2) is 44.1 Å². The third-order valence-electron chi connectivity index (χ3n) is 6.65. The topological polar surface area (TPSA) is 135 Å². The number of carbonyl (C=O) groups is 1. The second-order valence-electron chi connectivity index (χ2n) is 9.42. The van der Waals surface area contributed by atoms with Gasteiger partial charge in [-0.15, -0.1) is 0 Å². The zero-order chi connectivity index (χ0) is 29.6. The molecule has 0 radical (unpaired) electrons. The van der Waals surface area contributed by atoms with Gasteiger partial charge in [0.25, 0.3) is 6.43 Å². The molecule has 11 heteroatoms. The molecular formula is C31H27F2N7O2. The highest BCUT2D eigenvalue weighted by Gasteiger charge is 2.20. The van der Waals surface area contributed by atoms with Crippen LogP contribution in [0.15, 0.2) is 67.0 Å². The molecule has 1 amide bonds. The molecule has 0 bridgehead atoms. The summed E-state index contributed by atoms with van der Waals surface area (Å²) >= 11 is 0. The van der Waals surface area contributed by atoms with Gasteiger partial charge in [-0.05, 0) is 84.8 Å². The van der Waals surface area contributed by atoms with Crippen molar-refractivity contribution in [2.75, 3.05) is 19.5 Å². The average Bonchev–Trinajstić information content (AvgIpc) is 3.62. The van der Waals surface area contributed by atoms with Crippen LogP contribution in [0.2, 0.25) is 0 Å². The van der Waals surface area contributed by atoms with Crippen molar-refractivity contribution in [2.24, 2.45) is 5.73 Å². The summed E-state index contributed by atoms with van der Waals surface area (Å²) in [4.78, 5) is 27.7. The predicted octanol–water partition coefficient (Wildman–Crippen LogP) is 4.67. The van der Waals surface area contributed by atoms with Crippen molar-refractivity contribution in [1.29, 1.82) is 0 Å². The van der Waals surface area contributed by atoms with Crippen molar-refractivity contribution in [2.45, 2.75) is 25.7 Å². The highest BCUT2D eigenvalue weighted by molar-refractivity contribution is 5.92. The quantitative estimate of drug-likeness (QED) is 0.295. The Morgan fingerprint density at radius 1 is 1.07 bits per heavy atom. The van der Waals surface area contributed by atoms with Gasteiger partial charge < -0.3 is 16.2 Å². The zero-order valence-electron chi connectivity index (χ0n) is 22.7. The molecule has 1 aliphatic rings. The lowest BCUT2D eigenvalue weighted by molar-refractivity contribution is 0.0999. The maximum Gasteiger partial charge on any atom is 0.280 e. The first-order valence-electron chi connectivity index (χ1n) is 13.1. The number of alkyl halides is 2. The van der Waals surface area contributed by atoms with Crippen LogP contribution < -0.4 is 11.5 Å². The van der Waals surface area contributed by atoms with Crippen LogP contribution in [0.1, 0.15) is 45.7 Å². The number of hydrogen-bond donors (Lipinski definition) is 2. The number of nitrogen functional groups attached to an aromatic ring is 1. The lowest BCUT2D eigenvalue weighted by atomic mass is 10.1. The van der Waals surface area contributed by atoms with Crippen LogP contribution in [0, 0.1) is 11.8 Å². The minimum atomic E-state index is -2.62. The summed E-state index contributed by atoms with van der Waals surface area (Å²) in [6, 6.07) is 16.5. The molecular weight excluding hydrogens is 540 g/mol. The molecule has 212 valence electrons. The number of hydrogen-bond acceptors (Lipinski definition) is 7. The van der Waals surface area contributed by atoms with Crippen LogP contribution >= 0.6 is 0 Å². The number of nitrogens with zero attached hydrogens (tertiary/aromatic N) is 5. The normalized spacial score (nSPS) is 11.9. The number of aromatic nitrogens is 5. The van der Waals surface area contributed by atoms with Crippen molar-refractivity contribution in [3.63, 3.8) is 0 Å². The van der Waals surface area contributed by atoms with E-state index in [2.05, 4.69) is 44.6 Å². The molecule has 0 spiro atoms. The van der Waals surface area contributed by atoms with Crippen molar-refractivity contribution < 1.29 is 18.3 Å². The van der Waals surface area contributed by atoms with Gasteiger partial charge in [-0.2, -0.15) is 0 Å². The van der Waals surface area contributed by atoms with Crippen LogP contribution in [0.4, 0.5) is 14.6 Å². The number of primary amides is 1. The fraction of sp³-hybridized carbons (Fsp3) is 0.194. The Balaban J connectivity index is 0.000000248. The summed E-state index contributed by atoms with van der Waals surface area (Å²) in [5, 5.41) is 0. The number of fused-ring (bicyclic) bond motifs is 2. The molecule has 4 N–H and O–H groups in total. The molecule has 0 unspecified atom stereocenters. The number of pyridine rings is 3. The number of carbonyl (C=O) groups excluding carboxylic acids is 1. The highest BCUT2D eigenvalue weighted by atomic mass is 19.3. The Bertz CT molecular complexity index is 1810. The molecule has 0 aliphatic heterocycles. The number of methoxy groups -OCH3 is 1. The van der Waals surface area contributed by atoms with Crippen molar-refractivity contribution in [3.8, 4) is 28.9 Å². The van der Waals surface area contributed by atoms with Gasteiger partial charge >= 0.3 is 0 Å². The van der Waals surface area contributed by atoms with E-state index >= 15 is 0 Å². The SMILES string of the molecule is COCC#Cc1ccc2nc(-c3cccnc3N)n(-c3ccc4c(c3)CCC4)c2n1.NC(=O)c1ccc(C(F)F)nc1. The maximum absolute atomic E-state index is 11.9. The van der Waals surface area contributed by atoms with Gasteiger partial charge in [-0.3, -0.25) is 14.3 Å². The number of anilines is 1. The van der Waals surface area contributed by atoms with Crippen molar-refractivity contribution in [3.05, 3.63) is 95.1 Å². The number of rotatable bonds is 5. The Labute approximate surface area is 240 Å². The number of halogens is 2. The maximum atomic E-state index is 11.9. The Kier molecular flexibility index (Phi) is 8.45. The van der Waals surface area contributed by atoms with Crippen molar-refractivity contribution in [1.82, 2.24) is 24.5 Å². The Hall–Kier alpha value is -5.21. The van der Waals surface area contributed by atoms with E-state index in [0.29, 0.717) is 18.1 Å². The van der Waals surface area contributed by atoms with Gasteiger partial charge in [-0.25, -0.2) is 23.7 Å². The Morgan fingerprint density at radius 3 is 2.62 bits per heavy atom. The number of imidazole rings is 1. The molecule has 1 aromatic carbocycles. The minimum absolute atomic E-state index is 0.124. The third kappa shape index (κ3) is 6.09. The summed E-state index contributed by atoms with van der Waals surface area (Å²) in [7, 11) is 1.62. The molecule has 42 heavy (non-hydrogen) atoms. The van der Waals surface area contributed by atoms with Crippen LogP contribution in [0.3, 0.4) is 0 Å². The van der Waals surface area contributed by atoms with Crippen molar-refractivity contribution >= 4 is 22.9 Å². The highest BCUT2D eigenvalue weighted by Crippen LogP contribution is 2.32. The van der Waals surface area contributed by atoms with Gasteiger partial charge in [0.05, 0.1) is 11.1 Å². The summed E-state index contributed by atoms with van der Waals surface area (Å²) in [6.45, 7) is 0.362. The lowest BCUT2D eigenvalue weighted by Crippen LogP contribution is -2.11.